The zero-order chi connectivity index (χ0) is 12.3. The summed E-state index contributed by atoms with van der Waals surface area (Å²) in [7, 11) is 3.72. The molecule has 7 heteroatoms. The average molecular weight is 250 g/mol. The van der Waals surface area contributed by atoms with Crippen LogP contribution in [0.15, 0.2) is 22.8 Å². The fourth-order valence-electron chi connectivity index (χ4n) is 1.48. The van der Waals surface area contributed by atoms with Crippen LogP contribution in [0.2, 0.25) is 0 Å². The van der Waals surface area contributed by atoms with Gasteiger partial charge in [-0.2, -0.15) is 5.10 Å². The first kappa shape index (κ1) is 11.8. The molecule has 2 aromatic heterocycles. The number of hydrogen-bond donors (Lipinski definition) is 1. The Morgan fingerprint density at radius 1 is 1.29 bits per heavy atom. The fourth-order valence-corrected chi connectivity index (χ4v) is 2.40. The molecule has 0 atom stereocenters. The highest BCUT2D eigenvalue weighted by Crippen LogP contribution is 2.29. The molecule has 0 saturated carbocycles. The van der Waals surface area contributed by atoms with Gasteiger partial charge in [0, 0.05) is 19.7 Å². The minimum atomic E-state index is 0.820. The standard InChI is InChI=1S/C10H14N6S/c1-4-7-8(11-2)12-5-13-9(7)17-10-14-6-15-16(10)3/h5-6H,4H2,1-3H3,(H,11,12,13). The summed E-state index contributed by atoms with van der Waals surface area (Å²) in [5.74, 6) is 0.868. The van der Waals surface area contributed by atoms with Gasteiger partial charge in [-0.05, 0) is 18.2 Å². The van der Waals surface area contributed by atoms with E-state index < -0.39 is 0 Å². The van der Waals surface area contributed by atoms with Crippen LogP contribution in [0.3, 0.4) is 0 Å². The molecule has 0 spiro atoms. The second-order valence-electron chi connectivity index (χ2n) is 3.38. The Morgan fingerprint density at radius 3 is 2.71 bits per heavy atom. The van der Waals surface area contributed by atoms with Crippen LogP contribution in [0.5, 0.6) is 0 Å². The minimum absolute atomic E-state index is 0.820. The Bertz CT molecular complexity index is 509. The van der Waals surface area contributed by atoms with E-state index in [1.54, 1.807) is 11.0 Å². The molecule has 0 saturated heterocycles. The Balaban J connectivity index is 2.36. The molecule has 2 rings (SSSR count). The van der Waals surface area contributed by atoms with E-state index in [2.05, 4.69) is 32.3 Å². The number of hydrogen-bond acceptors (Lipinski definition) is 6. The molecule has 0 fully saturated rings. The van der Waals surface area contributed by atoms with E-state index in [1.165, 1.54) is 18.1 Å². The van der Waals surface area contributed by atoms with Gasteiger partial charge in [0.1, 0.15) is 23.5 Å². The van der Waals surface area contributed by atoms with Crippen molar-refractivity contribution in [3.05, 3.63) is 18.2 Å². The summed E-state index contributed by atoms with van der Waals surface area (Å²) >= 11 is 1.50. The molecule has 1 N–H and O–H groups in total. The van der Waals surface area contributed by atoms with Gasteiger partial charge >= 0.3 is 0 Å². The molecule has 0 unspecified atom stereocenters. The second kappa shape index (κ2) is 5.13. The van der Waals surface area contributed by atoms with Crippen LogP contribution in [0, 0.1) is 0 Å². The van der Waals surface area contributed by atoms with Crippen LogP contribution < -0.4 is 5.32 Å². The van der Waals surface area contributed by atoms with Crippen molar-refractivity contribution in [3.8, 4) is 0 Å². The lowest BCUT2D eigenvalue weighted by molar-refractivity contribution is 0.684. The molecular weight excluding hydrogens is 236 g/mol. The maximum Gasteiger partial charge on any atom is 0.192 e. The van der Waals surface area contributed by atoms with Crippen LogP contribution in [0.4, 0.5) is 5.82 Å². The van der Waals surface area contributed by atoms with Crippen LogP contribution in [-0.2, 0) is 13.5 Å². The molecule has 6 nitrogen and oxygen atoms in total. The summed E-state index contributed by atoms with van der Waals surface area (Å²) in [5, 5.41) is 8.85. The van der Waals surface area contributed by atoms with Crippen molar-refractivity contribution in [2.24, 2.45) is 7.05 Å². The molecule has 0 bridgehead atoms. The van der Waals surface area contributed by atoms with Crippen LogP contribution >= 0.6 is 11.8 Å². The molecule has 0 aliphatic rings. The van der Waals surface area contributed by atoms with Crippen molar-refractivity contribution >= 4 is 17.6 Å². The zero-order valence-electron chi connectivity index (χ0n) is 10.0. The SMILES string of the molecule is CCc1c(NC)ncnc1Sc1ncnn1C. The quantitative estimate of drug-likeness (QED) is 0.826. The third-order valence-electron chi connectivity index (χ3n) is 2.35. The van der Waals surface area contributed by atoms with Gasteiger partial charge in [-0.1, -0.05) is 6.92 Å². The second-order valence-corrected chi connectivity index (χ2v) is 4.33. The lowest BCUT2D eigenvalue weighted by Crippen LogP contribution is -2.02. The van der Waals surface area contributed by atoms with Gasteiger partial charge in [-0.15, -0.1) is 0 Å². The highest BCUT2D eigenvalue weighted by atomic mass is 32.2. The van der Waals surface area contributed by atoms with Crippen molar-refractivity contribution < 1.29 is 0 Å². The number of nitrogens with zero attached hydrogens (tertiary/aromatic N) is 5. The van der Waals surface area contributed by atoms with E-state index >= 15 is 0 Å². The zero-order valence-corrected chi connectivity index (χ0v) is 10.8. The highest BCUT2D eigenvalue weighted by Gasteiger charge is 2.12. The predicted molar refractivity (Wildman–Crippen MR) is 66.1 cm³/mol. The lowest BCUT2D eigenvalue weighted by Gasteiger charge is -2.09. The Labute approximate surface area is 104 Å². The topological polar surface area (TPSA) is 68.5 Å². The van der Waals surface area contributed by atoms with E-state index in [1.807, 2.05) is 14.1 Å². The molecule has 0 amide bonds. The van der Waals surface area contributed by atoms with Crippen LogP contribution in [-0.4, -0.2) is 31.8 Å². The van der Waals surface area contributed by atoms with Crippen molar-refractivity contribution in [2.75, 3.05) is 12.4 Å². The largest absolute Gasteiger partial charge is 0.373 e. The van der Waals surface area contributed by atoms with Gasteiger partial charge in [-0.3, -0.25) is 0 Å². The van der Waals surface area contributed by atoms with Gasteiger partial charge in [-0.25, -0.2) is 19.6 Å². The van der Waals surface area contributed by atoms with Gasteiger partial charge in [0.15, 0.2) is 5.16 Å². The van der Waals surface area contributed by atoms with Crippen LogP contribution in [0.1, 0.15) is 12.5 Å². The van der Waals surface area contributed by atoms with Crippen molar-refractivity contribution in [2.45, 2.75) is 23.5 Å². The average Bonchev–Trinajstić information content (AvgIpc) is 2.74. The molecule has 0 aromatic carbocycles. The van der Waals surface area contributed by atoms with Gasteiger partial charge < -0.3 is 5.32 Å². The molecule has 90 valence electrons. The maximum absolute atomic E-state index is 4.30. The van der Waals surface area contributed by atoms with E-state index in [4.69, 9.17) is 0 Å². The van der Waals surface area contributed by atoms with Crippen molar-refractivity contribution in [3.63, 3.8) is 0 Å². The summed E-state index contributed by atoms with van der Waals surface area (Å²) in [4.78, 5) is 12.7. The minimum Gasteiger partial charge on any atom is -0.373 e. The van der Waals surface area contributed by atoms with E-state index in [9.17, 15) is 0 Å². The number of anilines is 1. The van der Waals surface area contributed by atoms with E-state index in [0.29, 0.717) is 0 Å². The number of nitrogens with one attached hydrogen (secondary N) is 1. The van der Waals surface area contributed by atoms with Crippen LogP contribution in [0.25, 0.3) is 0 Å². The molecule has 0 radical (unpaired) electrons. The summed E-state index contributed by atoms with van der Waals surface area (Å²) in [6.07, 6.45) is 3.97. The first-order valence-corrected chi connectivity index (χ1v) is 6.11. The summed E-state index contributed by atoms with van der Waals surface area (Å²) < 4.78 is 1.73. The first-order valence-electron chi connectivity index (χ1n) is 5.29. The smallest absolute Gasteiger partial charge is 0.192 e. The third-order valence-corrected chi connectivity index (χ3v) is 3.45. The summed E-state index contributed by atoms with van der Waals surface area (Å²) in [6, 6.07) is 0. The van der Waals surface area contributed by atoms with Gasteiger partial charge in [0.25, 0.3) is 0 Å². The molecular formula is C10H14N6S. The van der Waals surface area contributed by atoms with E-state index in [0.717, 1.165) is 28.0 Å². The molecule has 2 heterocycles. The number of rotatable bonds is 4. The normalized spacial score (nSPS) is 10.5. The number of aryl methyl sites for hydroxylation is 1. The molecule has 0 aliphatic heterocycles. The Hall–Kier alpha value is -1.63. The number of aromatic nitrogens is 5. The Kier molecular flexibility index (Phi) is 3.58. The van der Waals surface area contributed by atoms with Crippen molar-refractivity contribution in [1.29, 1.82) is 0 Å². The Morgan fingerprint density at radius 2 is 2.12 bits per heavy atom. The lowest BCUT2D eigenvalue weighted by atomic mass is 10.2. The van der Waals surface area contributed by atoms with Gasteiger partial charge in [0.05, 0.1) is 0 Å². The first-order chi connectivity index (χ1) is 8.26. The molecule has 17 heavy (non-hydrogen) atoms. The molecule has 2 aromatic rings. The summed E-state index contributed by atoms with van der Waals surface area (Å²) in [6.45, 7) is 2.08. The third kappa shape index (κ3) is 2.38. The fraction of sp³-hybridized carbons (Fsp3) is 0.400. The van der Waals surface area contributed by atoms with E-state index in [-0.39, 0.29) is 0 Å². The monoisotopic (exact) mass is 250 g/mol. The van der Waals surface area contributed by atoms with Gasteiger partial charge in [0.2, 0.25) is 0 Å². The highest BCUT2D eigenvalue weighted by molar-refractivity contribution is 7.99. The molecule has 0 aliphatic carbocycles. The maximum atomic E-state index is 4.30. The summed E-state index contributed by atoms with van der Waals surface area (Å²) in [5.41, 5.74) is 1.10. The predicted octanol–water partition coefficient (Wildman–Crippen LogP) is 1.36. The van der Waals surface area contributed by atoms with Crippen molar-refractivity contribution in [1.82, 2.24) is 24.7 Å².